The third-order valence-electron chi connectivity index (χ3n) is 4.25. The van der Waals surface area contributed by atoms with Crippen LogP contribution in [0.15, 0.2) is 24.3 Å². The molecule has 0 aliphatic carbocycles. The molecule has 0 atom stereocenters. The monoisotopic (exact) mass is 284 g/mol. The molecule has 21 heavy (non-hydrogen) atoms. The van der Waals surface area contributed by atoms with E-state index in [0.29, 0.717) is 0 Å². The summed E-state index contributed by atoms with van der Waals surface area (Å²) in [6.07, 6.45) is 3.31. The summed E-state index contributed by atoms with van der Waals surface area (Å²) in [5.41, 5.74) is 12.0. The molecule has 1 aliphatic heterocycles. The van der Waals surface area contributed by atoms with Crippen molar-refractivity contribution in [3.63, 3.8) is 0 Å². The Balaban J connectivity index is 1.88. The maximum absolute atomic E-state index is 5.91. The summed E-state index contributed by atoms with van der Waals surface area (Å²) >= 11 is 0. The smallest absolute Gasteiger partial charge is 0.0625 e. The number of nitrogens with two attached hydrogens (primary N) is 1. The van der Waals surface area contributed by atoms with Crippen molar-refractivity contribution in [3.05, 3.63) is 41.2 Å². The van der Waals surface area contributed by atoms with E-state index in [4.69, 9.17) is 5.73 Å². The zero-order chi connectivity index (χ0) is 14.8. The van der Waals surface area contributed by atoms with Gasteiger partial charge in [0.05, 0.1) is 17.9 Å². The summed E-state index contributed by atoms with van der Waals surface area (Å²) in [5.74, 6) is 0. The molecule has 1 aliphatic rings. The average molecular weight is 284 g/mol. The number of nitrogens with zero attached hydrogens (tertiary/aromatic N) is 3. The van der Waals surface area contributed by atoms with Gasteiger partial charge in [0, 0.05) is 24.5 Å². The Labute approximate surface area is 126 Å². The van der Waals surface area contributed by atoms with Crippen molar-refractivity contribution < 1.29 is 0 Å². The van der Waals surface area contributed by atoms with E-state index < -0.39 is 0 Å². The highest BCUT2D eigenvalue weighted by molar-refractivity contribution is 5.61. The van der Waals surface area contributed by atoms with Crippen LogP contribution in [0.3, 0.4) is 0 Å². The fourth-order valence-electron chi connectivity index (χ4n) is 3.14. The van der Waals surface area contributed by atoms with Crippen molar-refractivity contribution in [2.75, 3.05) is 17.2 Å². The molecular weight excluding hydrogens is 260 g/mol. The van der Waals surface area contributed by atoms with Gasteiger partial charge in [0.2, 0.25) is 0 Å². The van der Waals surface area contributed by atoms with Gasteiger partial charge in [0.25, 0.3) is 0 Å². The van der Waals surface area contributed by atoms with Crippen LogP contribution in [0.1, 0.15) is 37.2 Å². The van der Waals surface area contributed by atoms with Crippen LogP contribution in [0.2, 0.25) is 0 Å². The maximum Gasteiger partial charge on any atom is 0.0625 e. The van der Waals surface area contributed by atoms with Crippen LogP contribution >= 0.6 is 0 Å². The van der Waals surface area contributed by atoms with Gasteiger partial charge < -0.3 is 10.6 Å². The Morgan fingerprint density at radius 1 is 1.24 bits per heavy atom. The molecule has 2 aromatic rings. The van der Waals surface area contributed by atoms with Crippen LogP contribution in [0.25, 0.3) is 0 Å². The first-order valence-electron chi connectivity index (χ1n) is 7.90. The first-order valence-corrected chi connectivity index (χ1v) is 7.90. The quantitative estimate of drug-likeness (QED) is 0.878. The fraction of sp³-hybridized carbons (Fsp3) is 0.471. The summed E-state index contributed by atoms with van der Waals surface area (Å²) in [4.78, 5) is 2.46. The number of benzene rings is 1. The molecule has 0 radical (unpaired) electrons. The number of hydrogen-bond donors (Lipinski definition) is 1. The van der Waals surface area contributed by atoms with Crippen molar-refractivity contribution >= 4 is 11.4 Å². The van der Waals surface area contributed by atoms with Crippen molar-refractivity contribution in [3.8, 4) is 0 Å². The second-order valence-electron chi connectivity index (χ2n) is 5.71. The standard InChI is InChI=1S/C17H24N4/c1-3-15-11-16(21(4-2)19-15)12-20-9-5-6-13-10-14(18)7-8-17(13)20/h7-8,10-11H,3-6,9,12,18H2,1-2H3. The Kier molecular flexibility index (Phi) is 3.86. The molecular formula is C17H24N4. The van der Waals surface area contributed by atoms with E-state index in [1.165, 1.54) is 29.1 Å². The molecule has 4 nitrogen and oxygen atoms in total. The Hall–Kier alpha value is -1.97. The minimum absolute atomic E-state index is 0.863. The molecule has 0 fully saturated rings. The summed E-state index contributed by atoms with van der Waals surface area (Å²) in [6.45, 7) is 7.27. The van der Waals surface area contributed by atoms with E-state index in [1.54, 1.807) is 0 Å². The zero-order valence-electron chi connectivity index (χ0n) is 13.0. The molecule has 4 heteroatoms. The number of nitrogen functional groups attached to an aromatic ring is 1. The van der Waals surface area contributed by atoms with Gasteiger partial charge in [-0.25, -0.2) is 0 Å². The summed E-state index contributed by atoms with van der Waals surface area (Å²) < 4.78 is 2.13. The van der Waals surface area contributed by atoms with E-state index in [2.05, 4.69) is 46.7 Å². The van der Waals surface area contributed by atoms with Crippen LogP contribution < -0.4 is 10.6 Å². The average Bonchev–Trinajstić information content (AvgIpc) is 2.89. The molecule has 2 heterocycles. The summed E-state index contributed by atoms with van der Waals surface area (Å²) in [7, 11) is 0. The molecule has 0 saturated heterocycles. The number of rotatable bonds is 4. The first-order chi connectivity index (χ1) is 10.2. The van der Waals surface area contributed by atoms with Crippen LogP contribution in [-0.2, 0) is 25.9 Å². The maximum atomic E-state index is 5.91. The number of aromatic nitrogens is 2. The van der Waals surface area contributed by atoms with Gasteiger partial charge in [0.1, 0.15) is 0 Å². The second-order valence-corrected chi connectivity index (χ2v) is 5.71. The lowest BCUT2D eigenvalue weighted by atomic mass is 10.0. The van der Waals surface area contributed by atoms with Crippen molar-refractivity contribution in [2.45, 2.75) is 46.2 Å². The van der Waals surface area contributed by atoms with E-state index in [0.717, 1.165) is 38.2 Å². The highest BCUT2D eigenvalue weighted by Crippen LogP contribution is 2.30. The van der Waals surface area contributed by atoms with Gasteiger partial charge in [-0.1, -0.05) is 6.92 Å². The number of hydrogen-bond acceptors (Lipinski definition) is 3. The number of anilines is 2. The highest BCUT2D eigenvalue weighted by atomic mass is 15.3. The molecule has 0 spiro atoms. The number of fused-ring (bicyclic) bond motifs is 1. The summed E-state index contributed by atoms with van der Waals surface area (Å²) in [5, 5.41) is 4.65. The van der Waals surface area contributed by atoms with E-state index in [9.17, 15) is 0 Å². The predicted octanol–water partition coefficient (Wildman–Crippen LogP) is 3.00. The van der Waals surface area contributed by atoms with Crippen LogP contribution in [0, 0.1) is 0 Å². The lowest BCUT2D eigenvalue weighted by Crippen LogP contribution is -2.29. The summed E-state index contributed by atoms with van der Waals surface area (Å²) in [6, 6.07) is 8.54. The van der Waals surface area contributed by atoms with Crippen LogP contribution in [0.4, 0.5) is 11.4 Å². The number of aryl methyl sites for hydroxylation is 3. The lowest BCUT2D eigenvalue weighted by molar-refractivity contribution is 0.592. The first kappa shape index (κ1) is 14.0. The molecule has 2 N–H and O–H groups in total. The SMILES string of the molecule is CCc1cc(CN2CCCc3cc(N)ccc32)n(CC)n1. The fourth-order valence-corrected chi connectivity index (χ4v) is 3.14. The predicted molar refractivity (Wildman–Crippen MR) is 87.5 cm³/mol. The Morgan fingerprint density at radius 2 is 2.10 bits per heavy atom. The topological polar surface area (TPSA) is 47.1 Å². The van der Waals surface area contributed by atoms with Crippen LogP contribution in [-0.4, -0.2) is 16.3 Å². The van der Waals surface area contributed by atoms with Crippen molar-refractivity contribution in [2.24, 2.45) is 0 Å². The second kappa shape index (κ2) is 5.80. The van der Waals surface area contributed by atoms with Gasteiger partial charge in [-0.3, -0.25) is 4.68 Å². The minimum atomic E-state index is 0.863. The van der Waals surface area contributed by atoms with Gasteiger partial charge in [-0.05, 0) is 56.0 Å². The molecule has 1 aromatic carbocycles. The molecule has 0 saturated carbocycles. The van der Waals surface area contributed by atoms with E-state index in [-0.39, 0.29) is 0 Å². The minimum Gasteiger partial charge on any atom is -0.399 e. The molecule has 3 rings (SSSR count). The third kappa shape index (κ3) is 2.75. The molecule has 0 bridgehead atoms. The van der Waals surface area contributed by atoms with Gasteiger partial charge in [0.15, 0.2) is 0 Å². The Bertz CT molecular complexity index is 630. The van der Waals surface area contributed by atoms with Gasteiger partial charge in [-0.2, -0.15) is 5.10 Å². The van der Waals surface area contributed by atoms with Crippen LogP contribution in [0.5, 0.6) is 0 Å². The van der Waals surface area contributed by atoms with Gasteiger partial charge >= 0.3 is 0 Å². The van der Waals surface area contributed by atoms with Crippen molar-refractivity contribution in [1.82, 2.24) is 9.78 Å². The molecule has 0 amide bonds. The van der Waals surface area contributed by atoms with Gasteiger partial charge in [-0.15, -0.1) is 0 Å². The zero-order valence-corrected chi connectivity index (χ0v) is 13.0. The lowest BCUT2D eigenvalue weighted by Gasteiger charge is -2.31. The largest absolute Gasteiger partial charge is 0.399 e. The third-order valence-corrected chi connectivity index (χ3v) is 4.25. The molecule has 1 aromatic heterocycles. The highest BCUT2D eigenvalue weighted by Gasteiger charge is 2.18. The van der Waals surface area contributed by atoms with E-state index >= 15 is 0 Å². The van der Waals surface area contributed by atoms with E-state index in [1.807, 2.05) is 6.07 Å². The Morgan fingerprint density at radius 3 is 2.86 bits per heavy atom. The van der Waals surface area contributed by atoms with Crippen molar-refractivity contribution in [1.29, 1.82) is 0 Å². The normalized spacial score (nSPS) is 14.3. The molecule has 0 unspecified atom stereocenters. The molecule has 112 valence electrons.